The predicted octanol–water partition coefficient (Wildman–Crippen LogP) is 0.734. The summed E-state index contributed by atoms with van der Waals surface area (Å²) in [5.74, 6) is 0.435. The normalized spacial score (nSPS) is 15.8. The number of aromatic nitrogens is 3. The number of nitrogens with zero attached hydrogens (tertiary/aromatic N) is 3. The predicted molar refractivity (Wildman–Crippen MR) is 74.4 cm³/mol. The molecule has 2 aromatic heterocycles. The number of nitrogens with two attached hydrogens (primary N) is 1. The molecule has 0 spiro atoms. The van der Waals surface area contributed by atoms with Crippen LogP contribution >= 0.6 is 0 Å². The third-order valence-corrected chi connectivity index (χ3v) is 3.48. The summed E-state index contributed by atoms with van der Waals surface area (Å²) < 4.78 is 1.63. The van der Waals surface area contributed by atoms with Crippen LogP contribution in [0, 0.1) is 5.92 Å². The summed E-state index contributed by atoms with van der Waals surface area (Å²) in [5.41, 5.74) is 7.30. The lowest BCUT2D eigenvalue weighted by atomic mass is 10.2. The van der Waals surface area contributed by atoms with Crippen molar-refractivity contribution >= 4 is 5.91 Å². The van der Waals surface area contributed by atoms with Gasteiger partial charge in [-0.15, -0.1) is 0 Å². The summed E-state index contributed by atoms with van der Waals surface area (Å²) in [4.78, 5) is 16.0. The third-order valence-electron chi connectivity index (χ3n) is 3.48. The monoisotopic (exact) mass is 271 g/mol. The van der Waals surface area contributed by atoms with Crippen molar-refractivity contribution in [1.29, 1.82) is 0 Å². The van der Waals surface area contributed by atoms with Crippen molar-refractivity contribution in [2.75, 3.05) is 6.54 Å². The van der Waals surface area contributed by atoms with Gasteiger partial charge >= 0.3 is 0 Å². The van der Waals surface area contributed by atoms with E-state index >= 15 is 0 Å². The zero-order valence-electron chi connectivity index (χ0n) is 11.1. The molecule has 2 aromatic rings. The first-order chi connectivity index (χ1) is 9.74. The zero-order chi connectivity index (χ0) is 13.9. The molecular weight excluding hydrogens is 254 g/mol. The molecule has 6 heteroatoms. The first-order valence-corrected chi connectivity index (χ1v) is 6.73. The third kappa shape index (κ3) is 2.85. The molecule has 2 heterocycles. The van der Waals surface area contributed by atoms with Crippen LogP contribution in [0.15, 0.2) is 36.9 Å². The highest BCUT2D eigenvalue weighted by molar-refractivity contribution is 5.93. The van der Waals surface area contributed by atoms with Gasteiger partial charge in [0.15, 0.2) is 0 Å². The molecule has 1 aliphatic carbocycles. The average molecular weight is 271 g/mol. The highest BCUT2D eigenvalue weighted by Gasteiger charge is 2.28. The lowest BCUT2D eigenvalue weighted by Gasteiger charge is -2.10. The molecule has 0 aromatic carbocycles. The van der Waals surface area contributed by atoms with E-state index in [1.807, 2.05) is 12.1 Å². The molecule has 0 radical (unpaired) electrons. The van der Waals surface area contributed by atoms with E-state index in [2.05, 4.69) is 15.4 Å². The molecule has 1 atom stereocenters. The van der Waals surface area contributed by atoms with Gasteiger partial charge in [-0.05, 0) is 30.9 Å². The van der Waals surface area contributed by atoms with Gasteiger partial charge in [0.05, 0.1) is 23.6 Å². The molecule has 1 saturated carbocycles. The van der Waals surface area contributed by atoms with Gasteiger partial charge < -0.3 is 11.1 Å². The van der Waals surface area contributed by atoms with E-state index < -0.39 is 0 Å². The standard InChI is InChI=1S/C14H17N5O/c15-13(10-3-4-10)8-17-14(20)11-6-18-19(9-11)12-2-1-5-16-7-12/h1-2,5-7,9-10,13H,3-4,8,15H2,(H,17,20). The lowest BCUT2D eigenvalue weighted by molar-refractivity contribution is 0.0950. The highest BCUT2D eigenvalue weighted by atomic mass is 16.1. The van der Waals surface area contributed by atoms with Crippen LogP contribution in [0.3, 0.4) is 0 Å². The van der Waals surface area contributed by atoms with Crippen LogP contribution in [0.1, 0.15) is 23.2 Å². The summed E-state index contributed by atoms with van der Waals surface area (Å²) in [6.45, 7) is 0.515. The second-order valence-electron chi connectivity index (χ2n) is 5.10. The van der Waals surface area contributed by atoms with Crippen LogP contribution in [0.5, 0.6) is 0 Å². The van der Waals surface area contributed by atoms with Gasteiger partial charge in [-0.3, -0.25) is 9.78 Å². The Morgan fingerprint density at radius 1 is 1.50 bits per heavy atom. The van der Waals surface area contributed by atoms with Crippen molar-refractivity contribution in [1.82, 2.24) is 20.1 Å². The Balaban J connectivity index is 1.62. The van der Waals surface area contributed by atoms with Gasteiger partial charge in [0, 0.05) is 25.0 Å². The molecule has 0 saturated heterocycles. The number of hydrogen-bond acceptors (Lipinski definition) is 4. The minimum absolute atomic E-state index is 0.0623. The number of hydrogen-bond donors (Lipinski definition) is 2. The van der Waals surface area contributed by atoms with Crippen LogP contribution in [0.2, 0.25) is 0 Å². The number of nitrogens with one attached hydrogen (secondary N) is 1. The number of pyridine rings is 1. The Bertz CT molecular complexity index is 591. The molecule has 6 nitrogen and oxygen atoms in total. The Labute approximate surface area is 117 Å². The smallest absolute Gasteiger partial charge is 0.254 e. The van der Waals surface area contributed by atoms with Crippen LogP contribution in [-0.2, 0) is 0 Å². The zero-order valence-corrected chi connectivity index (χ0v) is 11.1. The quantitative estimate of drug-likeness (QED) is 0.839. The maximum atomic E-state index is 12.0. The van der Waals surface area contributed by atoms with Crippen molar-refractivity contribution in [2.24, 2.45) is 11.7 Å². The van der Waals surface area contributed by atoms with E-state index in [1.54, 1.807) is 29.5 Å². The summed E-state index contributed by atoms with van der Waals surface area (Å²) in [6.07, 6.45) is 8.98. The van der Waals surface area contributed by atoms with Gasteiger partial charge in [0.1, 0.15) is 0 Å². The average Bonchev–Trinajstić information content (AvgIpc) is 3.22. The van der Waals surface area contributed by atoms with Crippen molar-refractivity contribution in [3.05, 3.63) is 42.5 Å². The van der Waals surface area contributed by atoms with Crippen LogP contribution in [-0.4, -0.2) is 33.3 Å². The first kappa shape index (κ1) is 12.8. The summed E-state index contributed by atoms with van der Waals surface area (Å²) >= 11 is 0. The van der Waals surface area contributed by atoms with Gasteiger partial charge in [-0.25, -0.2) is 4.68 Å². The Morgan fingerprint density at radius 2 is 2.35 bits per heavy atom. The fourth-order valence-electron chi connectivity index (χ4n) is 2.07. The van der Waals surface area contributed by atoms with Crippen LogP contribution in [0.25, 0.3) is 5.69 Å². The molecule has 1 amide bonds. The van der Waals surface area contributed by atoms with E-state index in [4.69, 9.17) is 5.73 Å². The molecule has 20 heavy (non-hydrogen) atoms. The van der Waals surface area contributed by atoms with Gasteiger partial charge in [-0.2, -0.15) is 5.10 Å². The van der Waals surface area contributed by atoms with E-state index in [0.29, 0.717) is 18.0 Å². The van der Waals surface area contributed by atoms with Crippen molar-refractivity contribution < 1.29 is 4.79 Å². The number of carbonyl (C=O) groups is 1. The molecule has 3 N–H and O–H groups in total. The van der Waals surface area contributed by atoms with Gasteiger partial charge in [0.2, 0.25) is 0 Å². The fraction of sp³-hybridized carbons (Fsp3) is 0.357. The second-order valence-corrected chi connectivity index (χ2v) is 5.10. The number of carbonyl (C=O) groups excluding carboxylic acids is 1. The Kier molecular flexibility index (Phi) is 3.47. The molecule has 0 bridgehead atoms. The molecule has 1 aliphatic rings. The van der Waals surface area contributed by atoms with Crippen molar-refractivity contribution in [3.63, 3.8) is 0 Å². The van der Waals surface area contributed by atoms with E-state index in [0.717, 1.165) is 5.69 Å². The first-order valence-electron chi connectivity index (χ1n) is 6.73. The van der Waals surface area contributed by atoms with E-state index in [-0.39, 0.29) is 11.9 Å². The Morgan fingerprint density at radius 3 is 3.05 bits per heavy atom. The Hall–Kier alpha value is -2.21. The minimum atomic E-state index is -0.142. The number of amides is 1. The summed E-state index contributed by atoms with van der Waals surface area (Å²) in [7, 11) is 0. The van der Waals surface area contributed by atoms with Crippen LogP contribution in [0.4, 0.5) is 0 Å². The van der Waals surface area contributed by atoms with Crippen LogP contribution < -0.4 is 11.1 Å². The fourth-order valence-corrected chi connectivity index (χ4v) is 2.07. The second kappa shape index (κ2) is 5.42. The molecule has 3 rings (SSSR count). The molecular formula is C14H17N5O. The maximum absolute atomic E-state index is 12.0. The number of rotatable bonds is 5. The van der Waals surface area contributed by atoms with Gasteiger partial charge in [-0.1, -0.05) is 0 Å². The van der Waals surface area contributed by atoms with Gasteiger partial charge in [0.25, 0.3) is 5.91 Å². The minimum Gasteiger partial charge on any atom is -0.350 e. The van der Waals surface area contributed by atoms with E-state index in [1.165, 1.54) is 12.8 Å². The summed E-state index contributed by atoms with van der Waals surface area (Å²) in [6, 6.07) is 3.77. The highest BCUT2D eigenvalue weighted by Crippen LogP contribution is 2.31. The van der Waals surface area contributed by atoms with Crippen molar-refractivity contribution in [2.45, 2.75) is 18.9 Å². The largest absolute Gasteiger partial charge is 0.350 e. The van der Waals surface area contributed by atoms with Crippen molar-refractivity contribution in [3.8, 4) is 5.69 Å². The van der Waals surface area contributed by atoms with E-state index in [9.17, 15) is 4.79 Å². The SMILES string of the molecule is NC(CNC(=O)c1cnn(-c2cccnc2)c1)C1CC1. The molecule has 1 unspecified atom stereocenters. The maximum Gasteiger partial charge on any atom is 0.254 e. The lowest BCUT2D eigenvalue weighted by Crippen LogP contribution is -2.38. The molecule has 104 valence electrons. The molecule has 1 fully saturated rings. The molecule has 0 aliphatic heterocycles. The summed E-state index contributed by atoms with van der Waals surface area (Å²) in [5, 5.41) is 7.02. The topological polar surface area (TPSA) is 85.8 Å².